The first kappa shape index (κ1) is 25.9. The quantitative estimate of drug-likeness (QED) is 0.331. The van der Waals surface area contributed by atoms with Gasteiger partial charge in [-0.15, -0.1) is 0 Å². The number of carbonyl (C=O) groups excluding carboxylic acids is 1. The Balaban J connectivity index is 1.86. The lowest BCUT2D eigenvalue weighted by molar-refractivity contribution is -0.137. The van der Waals surface area contributed by atoms with E-state index in [0.717, 1.165) is 22.4 Å². The fraction of sp³-hybridized carbons (Fsp3) is 0.310. The van der Waals surface area contributed by atoms with Crippen molar-refractivity contribution in [3.05, 3.63) is 94.8 Å². The monoisotopic (exact) mass is 477 g/mol. The van der Waals surface area contributed by atoms with Crippen molar-refractivity contribution in [3.63, 3.8) is 0 Å². The van der Waals surface area contributed by atoms with Gasteiger partial charge in [0.2, 0.25) is 5.91 Å². The standard InChI is InChI=1S/C29H32FNO4/c1-19(2)15-25(23-11-13-26(30)20(3)16-23)29(34)31-27-17-21(9-10-22(27)12-14-28(32)33)18-35-24-7-5-4-6-8-24/h4-11,13,16-17,19,25H,12,14-15,18H2,1-3H3,(H,31,34)(H,32,33). The Morgan fingerprint density at radius 2 is 1.77 bits per heavy atom. The number of para-hydroxylation sites is 1. The van der Waals surface area contributed by atoms with Gasteiger partial charge in [0.05, 0.1) is 5.92 Å². The van der Waals surface area contributed by atoms with E-state index in [9.17, 15) is 14.0 Å². The normalized spacial score (nSPS) is 11.8. The first-order valence-corrected chi connectivity index (χ1v) is 11.8. The third-order valence-electron chi connectivity index (χ3n) is 5.80. The molecular formula is C29H32FNO4. The molecule has 2 N–H and O–H groups in total. The van der Waals surface area contributed by atoms with Gasteiger partial charge >= 0.3 is 5.97 Å². The molecule has 3 rings (SSSR count). The van der Waals surface area contributed by atoms with Gasteiger partial charge in [0, 0.05) is 12.1 Å². The lowest BCUT2D eigenvalue weighted by Gasteiger charge is -2.21. The summed E-state index contributed by atoms with van der Waals surface area (Å²) in [6.07, 6.45) is 0.836. The zero-order valence-corrected chi connectivity index (χ0v) is 20.4. The second-order valence-corrected chi connectivity index (χ2v) is 9.17. The summed E-state index contributed by atoms with van der Waals surface area (Å²) in [5.41, 5.74) is 3.40. The molecular weight excluding hydrogens is 445 g/mol. The van der Waals surface area contributed by atoms with Gasteiger partial charge in [-0.05, 0) is 72.2 Å². The van der Waals surface area contributed by atoms with E-state index in [1.807, 2.05) is 62.4 Å². The molecule has 184 valence electrons. The molecule has 0 aromatic heterocycles. The minimum atomic E-state index is -0.904. The third kappa shape index (κ3) is 7.67. The van der Waals surface area contributed by atoms with Crippen LogP contribution in [0.25, 0.3) is 0 Å². The SMILES string of the molecule is Cc1cc(C(CC(C)C)C(=O)Nc2cc(COc3ccccc3)ccc2CCC(=O)O)ccc1F. The summed E-state index contributed by atoms with van der Waals surface area (Å²) in [6.45, 7) is 6.06. The number of halogens is 1. The lowest BCUT2D eigenvalue weighted by atomic mass is 9.88. The van der Waals surface area contributed by atoms with Gasteiger partial charge < -0.3 is 15.2 Å². The summed E-state index contributed by atoms with van der Waals surface area (Å²) in [5, 5.41) is 12.2. The molecule has 0 aliphatic carbocycles. The van der Waals surface area contributed by atoms with Gasteiger partial charge in [0.1, 0.15) is 18.2 Å². The molecule has 0 spiro atoms. The number of aryl methyl sites for hydroxylation is 2. The number of carboxylic acids is 1. The number of hydrogen-bond donors (Lipinski definition) is 2. The van der Waals surface area contributed by atoms with Gasteiger partial charge in [-0.3, -0.25) is 9.59 Å². The molecule has 0 fully saturated rings. The maximum absolute atomic E-state index is 13.9. The van der Waals surface area contributed by atoms with Crippen LogP contribution in [0, 0.1) is 18.7 Å². The van der Waals surface area contributed by atoms with Gasteiger partial charge in [-0.2, -0.15) is 0 Å². The van der Waals surface area contributed by atoms with E-state index in [4.69, 9.17) is 9.84 Å². The molecule has 6 heteroatoms. The van der Waals surface area contributed by atoms with Crippen molar-refractivity contribution < 1.29 is 23.8 Å². The minimum Gasteiger partial charge on any atom is -0.489 e. The first-order chi connectivity index (χ1) is 16.7. The van der Waals surface area contributed by atoms with Gasteiger partial charge in [-0.1, -0.05) is 56.3 Å². The van der Waals surface area contributed by atoms with E-state index in [1.54, 1.807) is 19.1 Å². The second kappa shape index (κ2) is 12.2. The molecule has 0 saturated carbocycles. The maximum Gasteiger partial charge on any atom is 0.303 e. The number of aliphatic carboxylic acids is 1. The Hall–Kier alpha value is -3.67. The molecule has 0 bridgehead atoms. The van der Waals surface area contributed by atoms with E-state index in [1.165, 1.54) is 6.07 Å². The molecule has 1 unspecified atom stereocenters. The second-order valence-electron chi connectivity index (χ2n) is 9.17. The first-order valence-electron chi connectivity index (χ1n) is 11.8. The molecule has 3 aromatic carbocycles. The predicted molar refractivity (Wildman–Crippen MR) is 135 cm³/mol. The summed E-state index contributed by atoms with van der Waals surface area (Å²) in [4.78, 5) is 24.6. The number of rotatable bonds is 11. The van der Waals surface area contributed by atoms with Gasteiger partial charge in [-0.25, -0.2) is 4.39 Å². The Morgan fingerprint density at radius 1 is 1.03 bits per heavy atom. The molecule has 35 heavy (non-hydrogen) atoms. The zero-order valence-electron chi connectivity index (χ0n) is 20.4. The van der Waals surface area contributed by atoms with Crippen LogP contribution in [0.3, 0.4) is 0 Å². The summed E-state index contributed by atoms with van der Waals surface area (Å²) >= 11 is 0. The molecule has 0 heterocycles. The van der Waals surface area contributed by atoms with E-state index >= 15 is 0 Å². The number of carbonyl (C=O) groups is 2. The Kier molecular flexibility index (Phi) is 9.01. The molecule has 1 amide bonds. The number of anilines is 1. The van der Waals surface area contributed by atoms with Crippen LogP contribution in [0.15, 0.2) is 66.7 Å². The number of amides is 1. The Labute approximate surface area is 206 Å². The molecule has 5 nitrogen and oxygen atoms in total. The molecule has 0 radical (unpaired) electrons. The van der Waals surface area contributed by atoms with Crippen LogP contribution in [-0.4, -0.2) is 17.0 Å². The number of carboxylic acid groups (broad SMARTS) is 1. The number of hydrogen-bond acceptors (Lipinski definition) is 3. The van der Waals surface area contributed by atoms with Crippen molar-refractivity contribution >= 4 is 17.6 Å². The van der Waals surface area contributed by atoms with Crippen LogP contribution in [0.4, 0.5) is 10.1 Å². The van der Waals surface area contributed by atoms with Crippen molar-refractivity contribution in [1.29, 1.82) is 0 Å². The third-order valence-corrected chi connectivity index (χ3v) is 5.80. The van der Waals surface area contributed by atoms with Crippen molar-refractivity contribution in [1.82, 2.24) is 0 Å². The Morgan fingerprint density at radius 3 is 2.43 bits per heavy atom. The smallest absolute Gasteiger partial charge is 0.303 e. The number of benzene rings is 3. The van der Waals surface area contributed by atoms with Gasteiger partial charge in [0.25, 0.3) is 0 Å². The zero-order chi connectivity index (χ0) is 25.4. The average molecular weight is 478 g/mol. The van der Waals surface area contributed by atoms with Crippen LogP contribution >= 0.6 is 0 Å². The van der Waals surface area contributed by atoms with Crippen LogP contribution < -0.4 is 10.1 Å². The number of ether oxygens (including phenoxy) is 1. The van der Waals surface area contributed by atoms with Crippen LogP contribution in [0.1, 0.15) is 54.9 Å². The van der Waals surface area contributed by atoms with Crippen molar-refractivity contribution in [3.8, 4) is 5.75 Å². The highest BCUT2D eigenvalue weighted by Gasteiger charge is 2.24. The minimum absolute atomic E-state index is 0.0463. The Bertz CT molecular complexity index is 1160. The van der Waals surface area contributed by atoms with Crippen LogP contribution in [0.2, 0.25) is 0 Å². The van der Waals surface area contributed by atoms with E-state index in [0.29, 0.717) is 24.3 Å². The van der Waals surface area contributed by atoms with E-state index in [-0.39, 0.29) is 30.5 Å². The summed E-state index contributed by atoms with van der Waals surface area (Å²) in [6, 6.07) is 19.7. The topological polar surface area (TPSA) is 75.6 Å². The van der Waals surface area contributed by atoms with Crippen LogP contribution in [-0.2, 0) is 22.6 Å². The van der Waals surface area contributed by atoms with Crippen molar-refractivity contribution in [2.75, 3.05) is 5.32 Å². The fourth-order valence-electron chi connectivity index (χ4n) is 3.94. The van der Waals surface area contributed by atoms with E-state index in [2.05, 4.69) is 5.32 Å². The molecule has 3 aromatic rings. The van der Waals surface area contributed by atoms with Crippen molar-refractivity contribution in [2.24, 2.45) is 5.92 Å². The predicted octanol–water partition coefficient (Wildman–Crippen LogP) is 6.50. The highest BCUT2D eigenvalue weighted by atomic mass is 19.1. The van der Waals surface area contributed by atoms with Gasteiger partial charge in [0.15, 0.2) is 0 Å². The van der Waals surface area contributed by atoms with E-state index < -0.39 is 11.9 Å². The van der Waals surface area contributed by atoms with Crippen molar-refractivity contribution in [2.45, 2.75) is 52.6 Å². The number of nitrogens with one attached hydrogen (secondary N) is 1. The lowest BCUT2D eigenvalue weighted by Crippen LogP contribution is -2.23. The summed E-state index contributed by atoms with van der Waals surface area (Å²) in [5.74, 6) is -0.907. The molecule has 0 saturated heterocycles. The largest absolute Gasteiger partial charge is 0.489 e. The summed E-state index contributed by atoms with van der Waals surface area (Å²) in [7, 11) is 0. The molecule has 0 aliphatic rings. The fourth-order valence-corrected chi connectivity index (χ4v) is 3.94. The highest BCUT2D eigenvalue weighted by Crippen LogP contribution is 2.29. The summed E-state index contributed by atoms with van der Waals surface area (Å²) < 4.78 is 19.7. The maximum atomic E-state index is 13.9. The molecule has 1 atom stereocenters. The van der Waals surface area contributed by atoms with Crippen LogP contribution in [0.5, 0.6) is 5.75 Å². The molecule has 0 aliphatic heterocycles. The highest BCUT2D eigenvalue weighted by molar-refractivity contribution is 5.96. The average Bonchev–Trinajstić information content (AvgIpc) is 2.83.